The zero-order valence-electron chi connectivity index (χ0n) is 9.65. The first kappa shape index (κ1) is 13.1. The number of rotatable bonds is 2. The quantitative estimate of drug-likeness (QED) is 0.912. The predicted octanol–water partition coefficient (Wildman–Crippen LogP) is 2.96. The fourth-order valence-corrected chi connectivity index (χ4v) is 1.77. The third-order valence-electron chi connectivity index (χ3n) is 2.59. The van der Waals surface area contributed by atoms with Crippen molar-refractivity contribution in [2.75, 3.05) is 7.11 Å². The van der Waals surface area contributed by atoms with Crippen molar-refractivity contribution in [1.29, 1.82) is 0 Å². The summed E-state index contributed by atoms with van der Waals surface area (Å²) in [7, 11) is 1.31. The topological polar surface area (TPSA) is 59.4 Å². The number of hydrogen-bond donors (Lipinski definition) is 1. The number of halogens is 3. The molecule has 7 heteroatoms. The maximum Gasteiger partial charge on any atom is 0.417 e. The second-order valence-corrected chi connectivity index (χ2v) is 3.73. The number of aromatic carboxylic acids is 1. The molecule has 0 aliphatic rings. The van der Waals surface area contributed by atoms with Crippen LogP contribution in [0.5, 0.6) is 5.75 Å². The van der Waals surface area contributed by atoms with Gasteiger partial charge in [0.15, 0.2) is 0 Å². The Morgan fingerprint density at radius 2 is 2.05 bits per heavy atom. The maximum atomic E-state index is 13.0. The van der Waals surface area contributed by atoms with Crippen molar-refractivity contribution in [3.8, 4) is 5.75 Å². The normalized spacial score (nSPS) is 11.6. The van der Waals surface area contributed by atoms with E-state index in [-0.39, 0.29) is 16.7 Å². The first-order chi connectivity index (χ1) is 8.84. The van der Waals surface area contributed by atoms with E-state index >= 15 is 0 Å². The van der Waals surface area contributed by atoms with Gasteiger partial charge in [-0.1, -0.05) is 0 Å². The number of alkyl halides is 3. The number of fused-ring (bicyclic) bond motifs is 1. The largest absolute Gasteiger partial charge is 0.497 e. The van der Waals surface area contributed by atoms with Crippen molar-refractivity contribution < 1.29 is 27.8 Å². The van der Waals surface area contributed by atoms with Crippen molar-refractivity contribution in [2.45, 2.75) is 6.18 Å². The minimum atomic E-state index is -4.79. The van der Waals surface area contributed by atoms with Crippen molar-refractivity contribution in [3.05, 3.63) is 35.5 Å². The van der Waals surface area contributed by atoms with Crippen LogP contribution in [0.2, 0.25) is 0 Å². The highest BCUT2D eigenvalue weighted by molar-refractivity contribution is 5.96. The molecule has 1 N–H and O–H groups in total. The number of ether oxygens (including phenoxy) is 1. The van der Waals surface area contributed by atoms with E-state index in [4.69, 9.17) is 9.84 Å². The molecule has 0 saturated carbocycles. The fourth-order valence-electron chi connectivity index (χ4n) is 1.77. The van der Waals surface area contributed by atoms with Crippen LogP contribution in [0.25, 0.3) is 10.9 Å². The van der Waals surface area contributed by atoms with Crippen LogP contribution in [-0.4, -0.2) is 23.2 Å². The Bertz CT molecular complexity index is 652. The second-order valence-electron chi connectivity index (χ2n) is 3.73. The average Bonchev–Trinajstić information content (AvgIpc) is 2.35. The lowest BCUT2D eigenvalue weighted by Gasteiger charge is -2.13. The first-order valence-corrected chi connectivity index (χ1v) is 5.12. The van der Waals surface area contributed by atoms with Gasteiger partial charge in [-0.15, -0.1) is 0 Å². The lowest BCUT2D eigenvalue weighted by atomic mass is 10.0. The van der Waals surface area contributed by atoms with Crippen molar-refractivity contribution in [1.82, 2.24) is 4.98 Å². The molecular formula is C12H8F3NO3. The highest BCUT2D eigenvalue weighted by atomic mass is 19.4. The molecule has 2 rings (SSSR count). The third-order valence-corrected chi connectivity index (χ3v) is 2.59. The van der Waals surface area contributed by atoms with Crippen LogP contribution in [0.4, 0.5) is 13.2 Å². The number of carboxylic acids is 1. The Morgan fingerprint density at radius 3 is 2.58 bits per heavy atom. The molecule has 1 heterocycles. The van der Waals surface area contributed by atoms with Gasteiger partial charge >= 0.3 is 12.1 Å². The summed E-state index contributed by atoms with van der Waals surface area (Å²) in [5.74, 6) is -1.48. The van der Waals surface area contributed by atoms with Gasteiger partial charge in [0.25, 0.3) is 0 Å². The second kappa shape index (κ2) is 4.42. The van der Waals surface area contributed by atoms with Crippen molar-refractivity contribution >= 4 is 16.9 Å². The molecule has 2 aromatic rings. The molecule has 4 nitrogen and oxygen atoms in total. The molecule has 0 bridgehead atoms. The first-order valence-electron chi connectivity index (χ1n) is 5.12. The highest BCUT2D eigenvalue weighted by Crippen LogP contribution is 2.37. The number of pyridine rings is 1. The zero-order valence-corrected chi connectivity index (χ0v) is 9.65. The average molecular weight is 271 g/mol. The molecule has 0 saturated heterocycles. The standard InChI is InChI=1S/C12H8F3NO3/c1-19-6-2-3-9-7(4-6)10(12(13,14)15)8(5-16-9)11(17)18/h2-5H,1H3,(H,17,18). The van der Waals surface area contributed by atoms with Crippen LogP contribution in [0, 0.1) is 0 Å². The number of carbonyl (C=O) groups is 1. The third kappa shape index (κ3) is 2.31. The van der Waals surface area contributed by atoms with Crippen LogP contribution in [-0.2, 0) is 6.18 Å². The van der Waals surface area contributed by atoms with Crippen molar-refractivity contribution in [3.63, 3.8) is 0 Å². The van der Waals surface area contributed by atoms with Crippen molar-refractivity contribution in [2.24, 2.45) is 0 Å². The molecule has 1 aromatic heterocycles. The molecule has 0 radical (unpaired) electrons. The minimum Gasteiger partial charge on any atom is -0.497 e. The number of carboxylic acid groups (broad SMARTS) is 1. The molecule has 0 unspecified atom stereocenters. The summed E-state index contributed by atoms with van der Waals surface area (Å²) in [6, 6.07) is 3.92. The van der Waals surface area contributed by atoms with Gasteiger partial charge < -0.3 is 9.84 Å². The van der Waals surface area contributed by atoms with E-state index in [1.54, 1.807) is 0 Å². The molecule has 100 valence electrons. The SMILES string of the molecule is COc1ccc2ncc(C(=O)O)c(C(F)(F)F)c2c1. The molecule has 0 amide bonds. The highest BCUT2D eigenvalue weighted by Gasteiger charge is 2.37. The van der Waals surface area contributed by atoms with Gasteiger partial charge in [0.2, 0.25) is 0 Å². The molecule has 0 fully saturated rings. The number of methoxy groups -OCH3 is 1. The van der Waals surface area contributed by atoms with Gasteiger partial charge in [-0.3, -0.25) is 4.98 Å². The van der Waals surface area contributed by atoms with Crippen LogP contribution < -0.4 is 4.74 Å². The van der Waals surface area contributed by atoms with Gasteiger partial charge in [-0.25, -0.2) is 4.79 Å². The lowest BCUT2D eigenvalue weighted by molar-refractivity contribution is -0.136. The van der Waals surface area contributed by atoms with E-state index in [2.05, 4.69) is 4.98 Å². The van der Waals surface area contributed by atoms with E-state index < -0.39 is 23.3 Å². The summed E-state index contributed by atoms with van der Waals surface area (Å²) >= 11 is 0. The van der Waals surface area contributed by atoms with E-state index in [1.807, 2.05) is 0 Å². The van der Waals surface area contributed by atoms with E-state index in [0.29, 0.717) is 6.20 Å². The van der Waals surface area contributed by atoms with E-state index in [1.165, 1.54) is 19.2 Å². The van der Waals surface area contributed by atoms with Gasteiger partial charge in [0.1, 0.15) is 5.75 Å². The molecule has 19 heavy (non-hydrogen) atoms. The van der Waals surface area contributed by atoms with Crippen LogP contribution in [0.15, 0.2) is 24.4 Å². The fraction of sp³-hybridized carbons (Fsp3) is 0.167. The molecule has 0 aliphatic carbocycles. The van der Waals surface area contributed by atoms with Crippen LogP contribution >= 0.6 is 0 Å². The number of benzene rings is 1. The zero-order chi connectivity index (χ0) is 14.2. The van der Waals surface area contributed by atoms with E-state index in [9.17, 15) is 18.0 Å². The van der Waals surface area contributed by atoms with Gasteiger partial charge in [0, 0.05) is 11.6 Å². The number of hydrogen-bond acceptors (Lipinski definition) is 3. The monoisotopic (exact) mass is 271 g/mol. The summed E-state index contributed by atoms with van der Waals surface area (Å²) in [6.07, 6.45) is -4.08. The van der Waals surface area contributed by atoms with Crippen LogP contribution in [0.1, 0.15) is 15.9 Å². The summed E-state index contributed by atoms with van der Waals surface area (Å²) < 4.78 is 44.0. The van der Waals surface area contributed by atoms with Gasteiger partial charge in [-0.2, -0.15) is 13.2 Å². The Hall–Kier alpha value is -2.31. The predicted molar refractivity (Wildman–Crippen MR) is 60.3 cm³/mol. The summed E-state index contributed by atoms with van der Waals surface area (Å²) in [4.78, 5) is 14.6. The molecular weight excluding hydrogens is 263 g/mol. The summed E-state index contributed by atoms with van der Waals surface area (Å²) in [5, 5.41) is 8.54. The smallest absolute Gasteiger partial charge is 0.417 e. The maximum absolute atomic E-state index is 13.0. The lowest BCUT2D eigenvalue weighted by Crippen LogP contribution is -2.14. The summed E-state index contributed by atoms with van der Waals surface area (Å²) in [5.41, 5.74) is -2.05. The number of aromatic nitrogens is 1. The molecule has 1 aromatic carbocycles. The molecule has 0 atom stereocenters. The molecule has 0 spiro atoms. The Labute approximate surface area is 105 Å². The molecule has 0 aliphatic heterocycles. The van der Waals surface area contributed by atoms with E-state index in [0.717, 1.165) is 6.07 Å². The Kier molecular flexibility index (Phi) is 3.05. The van der Waals surface area contributed by atoms with Crippen LogP contribution in [0.3, 0.4) is 0 Å². The minimum absolute atomic E-state index is 0.0538. The Balaban J connectivity index is 2.89. The summed E-state index contributed by atoms with van der Waals surface area (Å²) in [6.45, 7) is 0. The van der Waals surface area contributed by atoms with Gasteiger partial charge in [-0.05, 0) is 18.2 Å². The number of nitrogens with zero attached hydrogens (tertiary/aromatic N) is 1. The van der Waals surface area contributed by atoms with Gasteiger partial charge in [0.05, 0.1) is 23.8 Å². The Morgan fingerprint density at radius 1 is 1.37 bits per heavy atom.